The minimum Gasteiger partial charge on any atom is -0.492 e. The topological polar surface area (TPSA) is 50.4 Å². The molecule has 1 amide bonds. The van der Waals surface area contributed by atoms with Gasteiger partial charge in [-0.1, -0.05) is 12.1 Å². The first-order valence-electron chi connectivity index (χ1n) is 7.65. The first-order chi connectivity index (χ1) is 10.2. The van der Waals surface area contributed by atoms with Crippen LogP contribution in [0.15, 0.2) is 22.7 Å². The zero-order valence-electron chi connectivity index (χ0n) is 12.0. The third kappa shape index (κ3) is 3.98. The minimum atomic E-state index is 0.0867. The standard InChI is InChI=1S/C16H21BrN2O2/c17-13-4-1-3-12-14(5-2-8-21-16(12)13)18-10-15(20)19-9-11-6-7-11/h1,3-4,11,14,18H,2,5-10H2,(H,19,20). The van der Waals surface area contributed by atoms with Crippen molar-refractivity contribution in [3.8, 4) is 5.75 Å². The largest absolute Gasteiger partial charge is 0.492 e. The molecule has 0 bridgehead atoms. The van der Waals surface area contributed by atoms with Crippen molar-refractivity contribution in [2.75, 3.05) is 19.7 Å². The van der Waals surface area contributed by atoms with Gasteiger partial charge in [-0.15, -0.1) is 0 Å². The zero-order chi connectivity index (χ0) is 14.7. The fourth-order valence-electron chi connectivity index (χ4n) is 2.64. The molecule has 0 aromatic heterocycles. The van der Waals surface area contributed by atoms with Gasteiger partial charge in [0.25, 0.3) is 0 Å². The molecule has 1 unspecified atom stereocenters. The number of carbonyl (C=O) groups is 1. The van der Waals surface area contributed by atoms with Gasteiger partial charge in [0.1, 0.15) is 5.75 Å². The second-order valence-electron chi connectivity index (χ2n) is 5.83. The Bertz CT molecular complexity index is 517. The molecule has 0 spiro atoms. The van der Waals surface area contributed by atoms with Crippen molar-refractivity contribution in [3.05, 3.63) is 28.2 Å². The van der Waals surface area contributed by atoms with Gasteiger partial charge >= 0.3 is 0 Å². The lowest BCUT2D eigenvalue weighted by Crippen LogP contribution is -2.36. The highest BCUT2D eigenvalue weighted by Crippen LogP contribution is 2.36. The number of benzene rings is 1. The molecule has 2 N–H and O–H groups in total. The van der Waals surface area contributed by atoms with E-state index in [1.54, 1.807) is 0 Å². The Morgan fingerprint density at radius 3 is 3.00 bits per heavy atom. The van der Waals surface area contributed by atoms with Crippen LogP contribution in [0, 0.1) is 5.92 Å². The quantitative estimate of drug-likeness (QED) is 0.856. The minimum absolute atomic E-state index is 0.0867. The zero-order valence-corrected chi connectivity index (χ0v) is 13.6. The van der Waals surface area contributed by atoms with Crippen LogP contribution in [0.5, 0.6) is 5.75 Å². The molecule has 1 saturated carbocycles. The van der Waals surface area contributed by atoms with E-state index < -0.39 is 0 Å². The molecule has 0 saturated heterocycles. The fraction of sp³-hybridized carbons (Fsp3) is 0.562. The van der Waals surface area contributed by atoms with Crippen LogP contribution in [0.3, 0.4) is 0 Å². The Labute approximate surface area is 133 Å². The first-order valence-corrected chi connectivity index (χ1v) is 8.44. The maximum absolute atomic E-state index is 11.9. The molecule has 1 heterocycles. The fourth-order valence-corrected chi connectivity index (χ4v) is 3.14. The number of halogens is 1. The second kappa shape index (κ2) is 6.79. The van der Waals surface area contributed by atoms with Crippen LogP contribution in [0.2, 0.25) is 0 Å². The van der Waals surface area contributed by atoms with E-state index in [-0.39, 0.29) is 11.9 Å². The average molecular weight is 353 g/mol. The third-order valence-electron chi connectivity index (χ3n) is 4.05. The maximum Gasteiger partial charge on any atom is 0.233 e. The molecule has 1 aliphatic carbocycles. The van der Waals surface area contributed by atoms with Gasteiger partial charge in [0.15, 0.2) is 0 Å². The lowest BCUT2D eigenvalue weighted by Gasteiger charge is -2.18. The van der Waals surface area contributed by atoms with Crippen LogP contribution >= 0.6 is 15.9 Å². The van der Waals surface area contributed by atoms with Crippen LogP contribution in [-0.2, 0) is 4.79 Å². The molecule has 21 heavy (non-hydrogen) atoms. The highest BCUT2D eigenvalue weighted by atomic mass is 79.9. The normalized spacial score (nSPS) is 21.1. The Hall–Kier alpha value is -1.07. The summed E-state index contributed by atoms with van der Waals surface area (Å²) >= 11 is 3.54. The highest BCUT2D eigenvalue weighted by molar-refractivity contribution is 9.10. The average Bonchev–Trinajstić information content (AvgIpc) is 3.30. The van der Waals surface area contributed by atoms with E-state index in [9.17, 15) is 4.79 Å². The number of amides is 1. The van der Waals surface area contributed by atoms with Crippen molar-refractivity contribution in [1.82, 2.24) is 10.6 Å². The molecule has 1 aromatic rings. The number of nitrogens with one attached hydrogen (secondary N) is 2. The van der Waals surface area contributed by atoms with E-state index in [0.717, 1.165) is 47.7 Å². The number of para-hydroxylation sites is 1. The van der Waals surface area contributed by atoms with Crippen LogP contribution < -0.4 is 15.4 Å². The SMILES string of the molecule is O=C(CNC1CCCOc2c(Br)cccc21)NCC1CC1. The predicted octanol–water partition coefficient (Wildman–Crippen LogP) is 2.78. The van der Waals surface area contributed by atoms with E-state index >= 15 is 0 Å². The summed E-state index contributed by atoms with van der Waals surface area (Å²) in [6.45, 7) is 1.92. The van der Waals surface area contributed by atoms with Gasteiger partial charge in [0, 0.05) is 18.2 Å². The summed E-state index contributed by atoms with van der Waals surface area (Å²) in [6.07, 6.45) is 4.49. The summed E-state index contributed by atoms with van der Waals surface area (Å²) in [5, 5.41) is 6.37. The van der Waals surface area contributed by atoms with E-state index in [0.29, 0.717) is 6.54 Å². The van der Waals surface area contributed by atoms with Gasteiger partial charge in [0.05, 0.1) is 17.6 Å². The number of hydrogen-bond donors (Lipinski definition) is 2. The van der Waals surface area contributed by atoms with Gasteiger partial charge in [0.2, 0.25) is 5.91 Å². The lowest BCUT2D eigenvalue weighted by molar-refractivity contribution is -0.120. The molecule has 2 aliphatic rings. The van der Waals surface area contributed by atoms with Crippen LogP contribution in [0.4, 0.5) is 0 Å². The monoisotopic (exact) mass is 352 g/mol. The molecule has 1 fully saturated rings. The Morgan fingerprint density at radius 2 is 2.19 bits per heavy atom. The molecular formula is C16H21BrN2O2. The molecule has 3 rings (SSSR count). The van der Waals surface area contributed by atoms with Crippen molar-refractivity contribution in [3.63, 3.8) is 0 Å². The molecular weight excluding hydrogens is 332 g/mol. The summed E-state index contributed by atoms with van der Waals surface area (Å²) in [6, 6.07) is 6.25. The molecule has 114 valence electrons. The van der Waals surface area contributed by atoms with E-state index in [2.05, 4.69) is 32.6 Å². The first kappa shape index (κ1) is 14.9. The van der Waals surface area contributed by atoms with E-state index in [1.807, 2.05) is 12.1 Å². The molecule has 5 heteroatoms. The molecule has 0 radical (unpaired) electrons. The summed E-state index contributed by atoms with van der Waals surface area (Å²) in [4.78, 5) is 11.9. The number of fused-ring (bicyclic) bond motifs is 1. The predicted molar refractivity (Wildman–Crippen MR) is 85.3 cm³/mol. The molecule has 4 nitrogen and oxygen atoms in total. The molecule has 1 atom stereocenters. The Morgan fingerprint density at radius 1 is 1.33 bits per heavy atom. The van der Waals surface area contributed by atoms with Crippen molar-refractivity contribution >= 4 is 21.8 Å². The number of ether oxygens (including phenoxy) is 1. The van der Waals surface area contributed by atoms with E-state index in [4.69, 9.17) is 4.74 Å². The van der Waals surface area contributed by atoms with Crippen molar-refractivity contribution in [1.29, 1.82) is 0 Å². The summed E-state index contributed by atoms with van der Waals surface area (Å²) in [7, 11) is 0. The molecule has 1 aliphatic heterocycles. The van der Waals surface area contributed by atoms with Gasteiger partial charge < -0.3 is 15.4 Å². The Kier molecular flexibility index (Phi) is 4.80. The van der Waals surface area contributed by atoms with Crippen LogP contribution in [0.1, 0.15) is 37.3 Å². The summed E-state index contributed by atoms with van der Waals surface area (Å²) in [5.74, 6) is 1.71. The lowest BCUT2D eigenvalue weighted by atomic mass is 10.0. The highest BCUT2D eigenvalue weighted by Gasteiger charge is 2.23. The van der Waals surface area contributed by atoms with Gasteiger partial charge in [-0.2, -0.15) is 0 Å². The van der Waals surface area contributed by atoms with Gasteiger partial charge in [-0.05, 0) is 53.6 Å². The van der Waals surface area contributed by atoms with Crippen molar-refractivity contribution in [2.45, 2.75) is 31.7 Å². The van der Waals surface area contributed by atoms with E-state index in [1.165, 1.54) is 12.8 Å². The van der Waals surface area contributed by atoms with Gasteiger partial charge in [-0.3, -0.25) is 4.79 Å². The van der Waals surface area contributed by atoms with Crippen LogP contribution in [-0.4, -0.2) is 25.6 Å². The number of hydrogen-bond acceptors (Lipinski definition) is 3. The Balaban J connectivity index is 1.59. The second-order valence-corrected chi connectivity index (χ2v) is 6.68. The van der Waals surface area contributed by atoms with Crippen molar-refractivity contribution < 1.29 is 9.53 Å². The number of carbonyl (C=O) groups excluding carboxylic acids is 1. The van der Waals surface area contributed by atoms with Gasteiger partial charge in [-0.25, -0.2) is 0 Å². The smallest absolute Gasteiger partial charge is 0.233 e. The van der Waals surface area contributed by atoms with Crippen LogP contribution in [0.25, 0.3) is 0 Å². The molecule has 1 aromatic carbocycles. The van der Waals surface area contributed by atoms with Crippen molar-refractivity contribution in [2.24, 2.45) is 5.92 Å². The third-order valence-corrected chi connectivity index (χ3v) is 4.67. The number of rotatable bonds is 5. The maximum atomic E-state index is 11.9. The summed E-state index contributed by atoms with van der Waals surface area (Å²) < 4.78 is 6.79. The summed E-state index contributed by atoms with van der Waals surface area (Å²) in [5.41, 5.74) is 1.14.